The van der Waals surface area contributed by atoms with Gasteiger partial charge in [-0.2, -0.15) is 0 Å². The van der Waals surface area contributed by atoms with Crippen molar-refractivity contribution < 1.29 is 9.63 Å². The van der Waals surface area contributed by atoms with Crippen molar-refractivity contribution in [3.63, 3.8) is 0 Å². The number of hydrogen-bond acceptors (Lipinski definition) is 3. The van der Waals surface area contributed by atoms with Crippen LogP contribution in [0.2, 0.25) is 0 Å². The summed E-state index contributed by atoms with van der Waals surface area (Å²) in [5.41, 5.74) is 2.96. The average molecular weight is 203 g/mol. The molecule has 0 spiro atoms. The summed E-state index contributed by atoms with van der Waals surface area (Å²) in [6, 6.07) is 8.08. The molecule has 0 saturated carbocycles. The average Bonchev–Trinajstić information content (AvgIpc) is 2.77. The van der Waals surface area contributed by atoms with Gasteiger partial charge in [0.2, 0.25) is 0 Å². The quantitative estimate of drug-likeness (QED) is 0.833. The first-order chi connectivity index (χ1) is 7.35. The van der Waals surface area contributed by atoms with E-state index in [1.165, 1.54) is 5.56 Å². The summed E-state index contributed by atoms with van der Waals surface area (Å²) in [5.74, 6) is 0.653. The lowest BCUT2D eigenvalue weighted by Gasteiger charge is -2.00. The smallest absolute Gasteiger partial charge is 0.172 e. The third-order valence-electron chi connectivity index (χ3n) is 2.44. The van der Waals surface area contributed by atoms with Crippen molar-refractivity contribution in [1.29, 1.82) is 0 Å². The van der Waals surface area contributed by atoms with Crippen LogP contribution in [-0.2, 0) is 13.0 Å². The minimum absolute atomic E-state index is 0.0473. The Hall–Kier alpha value is -1.61. The highest BCUT2D eigenvalue weighted by atomic mass is 16.5. The van der Waals surface area contributed by atoms with Crippen LogP contribution in [0.15, 0.2) is 35.0 Å². The van der Waals surface area contributed by atoms with Crippen LogP contribution in [0, 0.1) is 0 Å². The number of hydrogen-bond donors (Lipinski definition) is 1. The standard InChI is InChI=1S/C12H13NO2/c1-2-9-3-5-10(6-4-9)12-11(8-14)7-13-15-12/h3-7,14H,2,8H2,1H3. The van der Waals surface area contributed by atoms with Crippen LogP contribution in [0.3, 0.4) is 0 Å². The molecule has 2 aromatic rings. The highest BCUT2D eigenvalue weighted by Crippen LogP contribution is 2.23. The predicted octanol–water partition coefficient (Wildman–Crippen LogP) is 2.40. The van der Waals surface area contributed by atoms with Crippen LogP contribution in [0.1, 0.15) is 18.1 Å². The number of aryl methyl sites for hydroxylation is 1. The largest absolute Gasteiger partial charge is 0.391 e. The molecule has 0 unspecified atom stereocenters. The van der Waals surface area contributed by atoms with Gasteiger partial charge in [0.05, 0.1) is 12.8 Å². The minimum Gasteiger partial charge on any atom is -0.391 e. The number of benzene rings is 1. The van der Waals surface area contributed by atoms with E-state index in [1.807, 2.05) is 12.1 Å². The molecular formula is C12H13NO2. The third-order valence-corrected chi connectivity index (χ3v) is 2.44. The molecule has 1 heterocycles. The summed E-state index contributed by atoms with van der Waals surface area (Å²) in [4.78, 5) is 0. The van der Waals surface area contributed by atoms with Crippen molar-refractivity contribution in [1.82, 2.24) is 5.16 Å². The summed E-state index contributed by atoms with van der Waals surface area (Å²) in [6.07, 6.45) is 2.56. The van der Waals surface area contributed by atoms with E-state index >= 15 is 0 Å². The van der Waals surface area contributed by atoms with E-state index in [4.69, 9.17) is 9.63 Å². The zero-order valence-corrected chi connectivity index (χ0v) is 8.60. The Morgan fingerprint density at radius 1 is 1.27 bits per heavy atom. The van der Waals surface area contributed by atoms with Gasteiger partial charge in [0.25, 0.3) is 0 Å². The SMILES string of the molecule is CCc1ccc(-c2oncc2CO)cc1. The highest BCUT2D eigenvalue weighted by Gasteiger charge is 2.09. The van der Waals surface area contributed by atoms with Gasteiger partial charge in [-0.25, -0.2) is 0 Å². The first kappa shape index (κ1) is 9.93. The zero-order chi connectivity index (χ0) is 10.7. The Labute approximate surface area is 88.3 Å². The first-order valence-electron chi connectivity index (χ1n) is 4.99. The molecule has 2 rings (SSSR count). The summed E-state index contributed by atoms with van der Waals surface area (Å²) in [6.45, 7) is 2.07. The monoisotopic (exact) mass is 203 g/mol. The Kier molecular flexibility index (Phi) is 2.83. The van der Waals surface area contributed by atoms with Crippen LogP contribution in [0.5, 0.6) is 0 Å². The van der Waals surface area contributed by atoms with Gasteiger partial charge in [-0.1, -0.05) is 36.3 Å². The van der Waals surface area contributed by atoms with Gasteiger partial charge < -0.3 is 9.63 Å². The number of aliphatic hydroxyl groups excluding tert-OH is 1. The van der Waals surface area contributed by atoms with E-state index in [9.17, 15) is 0 Å². The predicted molar refractivity (Wildman–Crippen MR) is 57.2 cm³/mol. The molecule has 3 nitrogen and oxygen atoms in total. The Bertz CT molecular complexity index is 431. The molecule has 0 bridgehead atoms. The lowest BCUT2D eigenvalue weighted by Crippen LogP contribution is -1.85. The summed E-state index contributed by atoms with van der Waals surface area (Å²) < 4.78 is 5.11. The third kappa shape index (κ3) is 1.92. The molecule has 3 heteroatoms. The van der Waals surface area contributed by atoms with Gasteiger partial charge in [0.1, 0.15) is 0 Å². The van der Waals surface area contributed by atoms with Crippen LogP contribution in [0.25, 0.3) is 11.3 Å². The molecule has 0 atom stereocenters. The maximum Gasteiger partial charge on any atom is 0.172 e. The van der Waals surface area contributed by atoms with Gasteiger partial charge in [-0.15, -0.1) is 0 Å². The molecule has 0 saturated heterocycles. The summed E-state index contributed by atoms with van der Waals surface area (Å²) in [7, 11) is 0. The molecule has 0 fully saturated rings. The molecule has 15 heavy (non-hydrogen) atoms. The van der Waals surface area contributed by atoms with Crippen LogP contribution < -0.4 is 0 Å². The van der Waals surface area contributed by atoms with Crippen LogP contribution >= 0.6 is 0 Å². The maximum atomic E-state index is 9.07. The Balaban J connectivity index is 2.37. The highest BCUT2D eigenvalue weighted by molar-refractivity contribution is 5.60. The molecule has 1 N–H and O–H groups in total. The lowest BCUT2D eigenvalue weighted by molar-refractivity contribution is 0.281. The first-order valence-corrected chi connectivity index (χ1v) is 4.99. The van der Waals surface area contributed by atoms with Gasteiger partial charge in [-0.3, -0.25) is 0 Å². The van der Waals surface area contributed by atoms with E-state index < -0.39 is 0 Å². The van der Waals surface area contributed by atoms with Crippen molar-refractivity contribution in [3.05, 3.63) is 41.6 Å². The normalized spacial score (nSPS) is 10.5. The molecule has 1 aromatic carbocycles. The van der Waals surface area contributed by atoms with E-state index in [2.05, 4.69) is 24.2 Å². The number of rotatable bonds is 3. The number of nitrogens with zero attached hydrogens (tertiary/aromatic N) is 1. The fourth-order valence-corrected chi connectivity index (χ4v) is 1.50. The van der Waals surface area contributed by atoms with Crippen LogP contribution in [0.4, 0.5) is 0 Å². The molecule has 0 aliphatic carbocycles. The van der Waals surface area contributed by atoms with Crippen molar-refractivity contribution >= 4 is 0 Å². The van der Waals surface area contributed by atoms with Gasteiger partial charge in [0, 0.05) is 11.1 Å². The van der Waals surface area contributed by atoms with E-state index in [-0.39, 0.29) is 6.61 Å². The fourth-order valence-electron chi connectivity index (χ4n) is 1.50. The number of aliphatic hydroxyl groups is 1. The Morgan fingerprint density at radius 2 is 2.00 bits per heavy atom. The fraction of sp³-hybridized carbons (Fsp3) is 0.250. The molecular weight excluding hydrogens is 190 g/mol. The summed E-state index contributed by atoms with van der Waals surface area (Å²) >= 11 is 0. The van der Waals surface area contributed by atoms with Crippen molar-refractivity contribution in [2.75, 3.05) is 0 Å². The molecule has 0 aliphatic rings. The minimum atomic E-state index is -0.0473. The molecule has 0 amide bonds. The second kappa shape index (κ2) is 4.28. The van der Waals surface area contributed by atoms with Crippen LogP contribution in [-0.4, -0.2) is 10.3 Å². The maximum absolute atomic E-state index is 9.07. The summed E-state index contributed by atoms with van der Waals surface area (Å²) in [5, 5.41) is 12.7. The van der Waals surface area contributed by atoms with Gasteiger partial charge >= 0.3 is 0 Å². The molecule has 1 aromatic heterocycles. The molecule has 0 radical (unpaired) electrons. The molecule has 0 aliphatic heterocycles. The van der Waals surface area contributed by atoms with Crippen molar-refractivity contribution in [2.24, 2.45) is 0 Å². The number of aromatic nitrogens is 1. The second-order valence-electron chi connectivity index (χ2n) is 3.39. The second-order valence-corrected chi connectivity index (χ2v) is 3.39. The van der Waals surface area contributed by atoms with E-state index in [0.29, 0.717) is 5.76 Å². The zero-order valence-electron chi connectivity index (χ0n) is 8.60. The van der Waals surface area contributed by atoms with Gasteiger partial charge in [-0.05, 0) is 12.0 Å². The van der Waals surface area contributed by atoms with Crippen molar-refractivity contribution in [2.45, 2.75) is 20.0 Å². The topological polar surface area (TPSA) is 46.3 Å². The van der Waals surface area contributed by atoms with E-state index in [1.54, 1.807) is 6.20 Å². The van der Waals surface area contributed by atoms with Crippen molar-refractivity contribution in [3.8, 4) is 11.3 Å². The van der Waals surface area contributed by atoms with E-state index in [0.717, 1.165) is 17.5 Å². The Morgan fingerprint density at radius 3 is 2.60 bits per heavy atom. The van der Waals surface area contributed by atoms with Gasteiger partial charge in [0.15, 0.2) is 5.76 Å². The molecule has 78 valence electrons. The lowest BCUT2D eigenvalue weighted by atomic mass is 10.1.